The van der Waals surface area contributed by atoms with Crippen molar-refractivity contribution in [3.63, 3.8) is 0 Å². The first-order valence-electron chi connectivity index (χ1n) is 4.20. The Bertz CT molecular complexity index is 374. The Balaban J connectivity index is 2.49. The normalized spacial score (nSPS) is 13.4. The first-order valence-corrected chi connectivity index (χ1v) is 4.20. The van der Waals surface area contributed by atoms with E-state index in [1.807, 2.05) is 35.0 Å². The third-order valence-corrected chi connectivity index (χ3v) is 2.02. The van der Waals surface area contributed by atoms with Gasteiger partial charge in [0.15, 0.2) is 0 Å². The largest absolute Gasteiger partial charge is 0.329 e. The van der Waals surface area contributed by atoms with Crippen LogP contribution < -0.4 is 11.5 Å². The Morgan fingerprint density at radius 3 is 3.00 bits per heavy atom. The zero-order chi connectivity index (χ0) is 9.26. The fraction of sp³-hybridized carbons (Fsp3) is 0.222. The van der Waals surface area contributed by atoms with Gasteiger partial charge in [-0.1, -0.05) is 6.07 Å². The van der Waals surface area contributed by atoms with Crippen LogP contribution in [0.25, 0.3) is 5.65 Å². The Labute approximate surface area is 76.2 Å². The molecule has 0 bridgehead atoms. The van der Waals surface area contributed by atoms with Crippen LogP contribution in [0.1, 0.15) is 11.7 Å². The molecule has 0 radical (unpaired) electrons. The lowest BCUT2D eigenvalue weighted by atomic mass is 10.2. The molecular weight excluding hydrogens is 164 g/mol. The summed E-state index contributed by atoms with van der Waals surface area (Å²) in [7, 11) is 0. The highest BCUT2D eigenvalue weighted by molar-refractivity contribution is 5.39. The molecular formula is C9H12N4. The Morgan fingerprint density at radius 1 is 1.46 bits per heavy atom. The van der Waals surface area contributed by atoms with Crippen LogP contribution in [-0.4, -0.2) is 15.9 Å². The number of imidazole rings is 1. The number of hydrogen-bond donors (Lipinski definition) is 2. The minimum Gasteiger partial charge on any atom is -0.329 e. The quantitative estimate of drug-likeness (QED) is 0.691. The van der Waals surface area contributed by atoms with Crippen molar-refractivity contribution >= 4 is 5.65 Å². The monoisotopic (exact) mass is 176 g/mol. The van der Waals surface area contributed by atoms with Gasteiger partial charge < -0.3 is 15.9 Å². The number of aromatic nitrogens is 2. The SMILES string of the molecule is NCC(N)c1cn2ccccc2n1. The predicted molar refractivity (Wildman–Crippen MR) is 51.2 cm³/mol. The molecule has 0 aliphatic rings. The van der Waals surface area contributed by atoms with E-state index in [4.69, 9.17) is 11.5 Å². The van der Waals surface area contributed by atoms with Crippen molar-refractivity contribution in [2.75, 3.05) is 6.54 Å². The zero-order valence-electron chi connectivity index (χ0n) is 7.22. The first-order chi connectivity index (χ1) is 6.31. The van der Waals surface area contributed by atoms with Gasteiger partial charge in [0.1, 0.15) is 5.65 Å². The van der Waals surface area contributed by atoms with Crippen LogP contribution in [0.15, 0.2) is 30.6 Å². The fourth-order valence-electron chi connectivity index (χ4n) is 1.25. The summed E-state index contributed by atoms with van der Waals surface area (Å²) in [6.07, 6.45) is 3.85. The Hall–Kier alpha value is -1.39. The number of hydrogen-bond acceptors (Lipinski definition) is 3. The topological polar surface area (TPSA) is 69.3 Å². The molecule has 13 heavy (non-hydrogen) atoms. The molecule has 4 nitrogen and oxygen atoms in total. The molecule has 4 heteroatoms. The maximum atomic E-state index is 5.76. The van der Waals surface area contributed by atoms with E-state index in [2.05, 4.69) is 4.98 Å². The van der Waals surface area contributed by atoms with Crippen molar-refractivity contribution in [1.29, 1.82) is 0 Å². The predicted octanol–water partition coefficient (Wildman–Crippen LogP) is 0.293. The van der Waals surface area contributed by atoms with Gasteiger partial charge in [0.2, 0.25) is 0 Å². The van der Waals surface area contributed by atoms with Crippen LogP contribution in [0.5, 0.6) is 0 Å². The molecule has 4 N–H and O–H groups in total. The molecule has 0 aliphatic heterocycles. The van der Waals surface area contributed by atoms with Gasteiger partial charge in [-0.05, 0) is 12.1 Å². The van der Waals surface area contributed by atoms with Crippen molar-refractivity contribution in [2.24, 2.45) is 11.5 Å². The minimum atomic E-state index is -0.167. The standard InChI is InChI=1S/C9H12N4/c10-5-7(11)8-6-13-4-2-1-3-9(13)12-8/h1-4,6-7H,5,10-11H2. The van der Waals surface area contributed by atoms with Crippen molar-refractivity contribution in [2.45, 2.75) is 6.04 Å². The van der Waals surface area contributed by atoms with Crippen LogP contribution in [-0.2, 0) is 0 Å². The molecule has 1 unspecified atom stereocenters. The van der Waals surface area contributed by atoms with Crippen LogP contribution >= 0.6 is 0 Å². The van der Waals surface area contributed by atoms with E-state index in [-0.39, 0.29) is 6.04 Å². The summed E-state index contributed by atoms with van der Waals surface area (Å²) in [4.78, 5) is 4.34. The molecule has 0 amide bonds. The van der Waals surface area contributed by atoms with Crippen LogP contribution in [0.3, 0.4) is 0 Å². The van der Waals surface area contributed by atoms with Crippen LogP contribution in [0.2, 0.25) is 0 Å². The van der Waals surface area contributed by atoms with Gasteiger partial charge in [0, 0.05) is 18.9 Å². The first kappa shape index (κ1) is 8.22. The second-order valence-electron chi connectivity index (χ2n) is 2.97. The van der Waals surface area contributed by atoms with Gasteiger partial charge in [-0.2, -0.15) is 0 Å². The summed E-state index contributed by atoms with van der Waals surface area (Å²) in [6.45, 7) is 0.421. The summed E-state index contributed by atoms with van der Waals surface area (Å²) in [5.74, 6) is 0. The lowest BCUT2D eigenvalue weighted by Crippen LogP contribution is -2.20. The number of pyridine rings is 1. The summed E-state index contributed by atoms with van der Waals surface area (Å²) in [5, 5.41) is 0. The lowest BCUT2D eigenvalue weighted by Gasteiger charge is -2.01. The highest BCUT2D eigenvalue weighted by Crippen LogP contribution is 2.09. The molecule has 0 spiro atoms. The van der Waals surface area contributed by atoms with E-state index in [1.54, 1.807) is 0 Å². The smallest absolute Gasteiger partial charge is 0.137 e. The van der Waals surface area contributed by atoms with Gasteiger partial charge >= 0.3 is 0 Å². The number of nitrogens with two attached hydrogens (primary N) is 2. The van der Waals surface area contributed by atoms with Crippen molar-refractivity contribution < 1.29 is 0 Å². The fourth-order valence-corrected chi connectivity index (χ4v) is 1.25. The van der Waals surface area contributed by atoms with Crippen molar-refractivity contribution in [3.05, 3.63) is 36.3 Å². The molecule has 0 saturated heterocycles. The van der Waals surface area contributed by atoms with Crippen LogP contribution in [0, 0.1) is 0 Å². The Morgan fingerprint density at radius 2 is 2.31 bits per heavy atom. The van der Waals surface area contributed by atoms with Crippen molar-refractivity contribution in [1.82, 2.24) is 9.38 Å². The molecule has 1 atom stereocenters. The maximum absolute atomic E-state index is 5.76. The summed E-state index contributed by atoms with van der Waals surface area (Å²) >= 11 is 0. The average molecular weight is 176 g/mol. The molecule has 0 aliphatic carbocycles. The summed E-state index contributed by atoms with van der Waals surface area (Å²) in [5.41, 5.74) is 13.0. The molecule has 0 fully saturated rings. The highest BCUT2D eigenvalue weighted by atomic mass is 15.0. The molecule has 2 aromatic heterocycles. The van der Waals surface area contributed by atoms with E-state index in [9.17, 15) is 0 Å². The Kier molecular flexibility index (Phi) is 2.00. The zero-order valence-corrected chi connectivity index (χ0v) is 7.22. The van der Waals surface area contributed by atoms with Crippen LogP contribution in [0.4, 0.5) is 0 Å². The van der Waals surface area contributed by atoms with Gasteiger partial charge in [-0.15, -0.1) is 0 Å². The third-order valence-electron chi connectivity index (χ3n) is 2.02. The second-order valence-corrected chi connectivity index (χ2v) is 2.97. The van der Waals surface area contributed by atoms with E-state index in [0.29, 0.717) is 6.54 Å². The van der Waals surface area contributed by atoms with E-state index >= 15 is 0 Å². The maximum Gasteiger partial charge on any atom is 0.137 e. The summed E-state index contributed by atoms with van der Waals surface area (Å²) < 4.78 is 1.94. The van der Waals surface area contributed by atoms with Gasteiger partial charge in [-0.3, -0.25) is 0 Å². The molecule has 68 valence electrons. The van der Waals surface area contributed by atoms with Gasteiger partial charge in [0.25, 0.3) is 0 Å². The third kappa shape index (κ3) is 1.41. The summed E-state index contributed by atoms with van der Waals surface area (Å²) in [6, 6.07) is 5.67. The van der Waals surface area contributed by atoms with Gasteiger partial charge in [-0.25, -0.2) is 4.98 Å². The molecule has 0 aromatic carbocycles. The highest BCUT2D eigenvalue weighted by Gasteiger charge is 2.07. The lowest BCUT2D eigenvalue weighted by molar-refractivity contribution is 0.717. The molecule has 2 aromatic rings. The molecule has 2 rings (SSSR count). The number of fused-ring (bicyclic) bond motifs is 1. The minimum absolute atomic E-state index is 0.167. The van der Waals surface area contributed by atoms with E-state index < -0.39 is 0 Å². The number of rotatable bonds is 2. The van der Waals surface area contributed by atoms with E-state index in [0.717, 1.165) is 11.3 Å². The van der Waals surface area contributed by atoms with Gasteiger partial charge in [0.05, 0.1) is 11.7 Å². The second kappa shape index (κ2) is 3.16. The number of nitrogens with zero attached hydrogens (tertiary/aromatic N) is 2. The molecule has 0 saturated carbocycles. The average Bonchev–Trinajstić information content (AvgIpc) is 2.59. The van der Waals surface area contributed by atoms with E-state index in [1.165, 1.54) is 0 Å². The van der Waals surface area contributed by atoms with Crippen molar-refractivity contribution in [3.8, 4) is 0 Å². The molecule has 2 heterocycles.